The fraction of sp³-hybridized carbons (Fsp3) is 0.0526. The summed E-state index contributed by atoms with van der Waals surface area (Å²) in [6, 6.07) is 12.7. The second-order valence-electron chi connectivity index (χ2n) is 5.40. The van der Waals surface area contributed by atoms with Gasteiger partial charge in [0, 0.05) is 17.4 Å². The van der Waals surface area contributed by atoms with Gasteiger partial charge in [0.15, 0.2) is 11.5 Å². The fourth-order valence-electron chi connectivity index (χ4n) is 2.50. The van der Waals surface area contributed by atoms with Crippen molar-refractivity contribution in [2.75, 3.05) is 17.4 Å². The van der Waals surface area contributed by atoms with Crippen molar-refractivity contribution in [1.82, 2.24) is 9.97 Å². The zero-order chi connectivity index (χ0) is 17.9. The van der Waals surface area contributed by atoms with E-state index in [1.54, 1.807) is 24.4 Å². The largest absolute Gasteiger partial charge is 0.454 e. The number of aromatic nitrogens is 2. The summed E-state index contributed by atoms with van der Waals surface area (Å²) in [5.74, 6) is 4.77. The normalized spacial score (nSPS) is 11.7. The molecule has 1 aliphatic heterocycles. The molecule has 7 heteroatoms. The Morgan fingerprint density at radius 3 is 2.92 bits per heavy atom. The van der Waals surface area contributed by atoms with Crippen LogP contribution in [0.4, 0.5) is 23.1 Å². The van der Waals surface area contributed by atoms with Gasteiger partial charge in [-0.1, -0.05) is 23.6 Å². The summed E-state index contributed by atoms with van der Waals surface area (Å²) in [4.78, 5) is 8.67. The monoisotopic (exact) mass is 364 g/mol. The van der Waals surface area contributed by atoms with Crippen LogP contribution in [0.1, 0.15) is 5.56 Å². The molecule has 0 amide bonds. The van der Waals surface area contributed by atoms with E-state index in [0.717, 1.165) is 11.3 Å². The molecule has 2 heterocycles. The van der Waals surface area contributed by atoms with Crippen molar-refractivity contribution in [3.63, 3.8) is 0 Å². The van der Waals surface area contributed by atoms with E-state index < -0.39 is 0 Å². The Labute approximate surface area is 155 Å². The van der Waals surface area contributed by atoms with Gasteiger partial charge in [-0.25, -0.2) is 4.98 Å². The highest BCUT2D eigenvalue weighted by Crippen LogP contribution is 2.44. The Balaban J connectivity index is 1.59. The summed E-state index contributed by atoms with van der Waals surface area (Å²) in [5, 5.41) is 6.79. The summed E-state index contributed by atoms with van der Waals surface area (Å²) in [6.07, 6.45) is 7.06. The van der Waals surface area contributed by atoms with Gasteiger partial charge >= 0.3 is 0 Å². The quantitative estimate of drug-likeness (QED) is 0.672. The molecule has 1 aliphatic rings. The number of anilines is 4. The highest BCUT2D eigenvalue weighted by molar-refractivity contribution is 6.33. The molecule has 4 rings (SSSR count). The third-order valence-electron chi connectivity index (χ3n) is 3.68. The highest BCUT2D eigenvalue weighted by Gasteiger charge is 2.20. The van der Waals surface area contributed by atoms with Gasteiger partial charge in [-0.05, 0) is 36.4 Å². The van der Waals surface area contributed by atoms with E-state index in [4.69, 9.17) is 27.5 Å². The van der Waals surface area contributed by atoms with Gasteiger partial charge in [0.05, 0.1) is 5.02 Å². The maximum atomic E-state index is 6.28. The number of rotatable bonds is 4. The zero-order valence-corrected chi connectivity index (χ0v) is 14.2. The van der Waals surface area contributed by atoms with Gasteiger partial charge in [0.25, 0.3) is 0 Å². The second-order valence-corrected chi connectivity index (χ2v) is 5.80. The van der Waals surface area contributed by atoms with Crippen molar-refractivity contribution in [3.8, 4) is 23.8 Å². The lowest BCUT2D eigenvalue weighted by atomic mass is 10.2. The van der Waals surface area contributed by atoms with Crippen molar-refractivity contribution < 1.29 is 9.47 Å². The molecular formula is C19H13ClN4O2. The molecule has 0 bridgehead atoms. The van der Waals surface area contributed by atoms with Crippen LogP contribution in [0.5, 0.6) is 11.5 Å². The van der Waals surface area contributed by atoms with Crippen molar-refractivity contribution in [2.24, 2.45) is 0 Å². The van der Waals surface area contributed by atoms with Crippen LogP contribution in [0.15, 0.2) is 48.7 Å². The van der Waals surface area contributed by atoms with E-state index in [0.29, 0.717) is 34.0 Å². The van der Waals surface area contributed by atoms with Crippen LogP contribution in [0.2, 0.25) is 5.02 Å². The Bertz CT molecular complexity index is 1020. The van der Waals surface area contributed by atoms with E-state index in [-0.39, 0.29) is 6.79 Å². The summed E-state index contributed by atoms with van der Waals surface area (Å²) < 4.78 is 10.9. The molecule has 0 unspecified atom stereocenters. The Hall–Kier alpha value is -3.43. The zero-order valence-electron chi connectivity index (χ0n) is 13.5. The van der Waals surface area contributed by atoms with Gasteiger partial charge < -0.3 is 20.1 Å². The van der Waals surface area contributed by atoms with Crippen LogP contribution in [0.25, 0.3) is 0 Å². The van der Waals surface area contributed by atoms with Crippen LogP contribution in [-0.4, -0.2) is 16.8 Å². The van der Waals surface area contributed by atoms with Crippen molar-refractivity contribution in [3.05, 3.63) is 59.2 Å². The molecule has 0 saturated carbocycles. The fourth-order valence-corrected chi connectivity index (χ4v) is 2.69. The first-order valence-electron chi connectivity index (χ1n) is 7.75. The minimum Gasteiger partial charge on any atom is -0.454 e. The second kappa shape index (κ2) is 6.82. The van der Waals surface area contributed by atoms with Gasteiger partial charge in [-0.15, -0.1) is 6.42 Å². The molecule has 6 nitrogen and oxygen atoms in total. The molecule has 2 aromatic carbocycles. The molecule has 0 radical (unpaired) electrons. The van der Waals surface area contributed by atoms with E-state index in [1.807, 2.05) is 24.3 Å². The SMILES string of the molecule is C#Cc1cccc(Nc2nccc(Nc3c(Cl)ccc4c3OCO4)n2)c1. The molecule has 26 heavy (non-hydrogen) atoms. The van der Waals surface area contributed by atoms with Crippen LogP contribution >= 0.6 is 11.6 Å². The third-order valence-corrected chi connectivity index (χ3v) is 4.00. The molecule has 2 N–H and O–H groups in total. The smallest absolute Gasteiger partial charge is 0.231 e. The summed E-state index contributed by atoms with van der Waals surface area (Å²) in [5.41, 5.74) is 2.17. The minimum absolute atomic E-state index is 0.159. The number of nitrogens with one attached hydrogen (secondary N) is 2. The van der Waals surface area contributed by atoms with Gasteiger partial charge in [0.1, 0.15) is 11.5 Å². The highest BCUT2D eigenvalue weighted by atomic mass is 35.5. The molecule has 1 aromatic heterocycles. The lowest BCUT2D eigenvalue weighted by Crippen LogP contribution is -2.01. The molecule has 3 aromatic rings. The topological polar surface area (TPSA) is 68.3 Å². The molecule has 128 valence electrons. The van der Waals surface area contributed by atoms with Crippen LogP contribution < -0.4 is 20.1 Å². The lowest BCUT2D eigenvalue weighted by molar-refractivity contribution is 0.174. The Morgan fingerprint density at radius 1 is 1.12 bits per heavy atom. The van der Waals surface area contributed by atoms with Crippen molar-refractivity contribution >= 4 is 34.7 Å². The molecule has 0 saturated heterocycles. The van der Waals surface area contributed by atoms with E-state index in [2.05, 4.69) is 26.5 Å². The Kier molecular flexibility index (Phi) is 4.22. The van der Waals surface area contributed by atoms with Gasteiger partial charge in [-0.2, -0.15) is 4.98 Å². The first kappa shape index (κ1) is 16.1. The predicted octanol–water partition coefficient (Wildman–Crippen LogP) is 4.33. The Morgan fingerprint density at radius 2 is 2.04 bits per heavy atom. The molecule has 0 fully saturated rings. The first-order valence-corrected chi connectivity index (χ1v) is 8.12. The minimum atomic E-state index is 0.159. The van der Waals surface area contributed by atoms with Crippen LogP contribution in [-0.2, 0) is 0 Å². The molecule has 0 spiro atoms. The van der Waals surface area contributed by atoms with Crippen LogP contribution in [0.3, 0.4) is 0 Å². The average Bonchev–Trinajstić information content (AvgIpc) is 3.14. The number of terminal acetylenes is 1. The van der Waals surface area contributed by atoms with Gasteiger partial charge in [0.2, 0.25) is 12.7 Å². The lowest BCUT2D eigenvalue weighted by Gasteiger charge is -2.11. The van der Waals surface area contributed by atoms with E-state index >= 15 is 0 Å². The number of ether oxygens (including phenoxy) is 2. The summed E-state index contributed by atoms with van der Waals surface area (Å²) in [6.45, 7) is 0.159. The summed E-state index contributed by atoms with van der Waals surface area (Å²) >= 11 is 6.28. The number of fused-ring (bicyclic) bond motifs is 1. The third kappa shape index (κ3) is 3.21. The number of benzene rings is 2. The standard InChI is InChI=1S/C19H13ClN4O2/c1-2-12-4-3-5-13(10-12)22-19-21-9-8-16(24-19)23-17-14(20)6-7-15-18(17)26-11-25-15/h1,3-10H,11H2,(H2,21,22,23,24). The van der Waals surface area contributed by atoms with Crippen molar-refractivity contribution in [1.29, 1.82) is 0 Å². The number of halogens is 1. The van der Waals surface area contributed by atoms with Gasteiger partial charge in [-0.3, -0.25) is 0 Å². The summed E-state index contributed by atoms with van der Waals surface area (Å²) in [7, 11) is 0. The maximum absolute atomic E-state index is 6.28. The van der Waals surface area contributed by atoms with Crippen LogP contribution in [0, 0.1) is 12.3 Å². The molecule has 0 atom stereocenters. The molecule has 0 aliphatic carbocycles. The number of hydrogen-bond acceptors (Lipinski definition) is 6. The van der Waals surface area contributed by atoms with E-state index in [9.17, 15) is 0 Å². The average molecular weight is 365 g/mol. The van der Waals surface area contributed by atoms with E-state index in [1.165, 1.54) is 0 Å². The predicted molar refractivity (Wildman–Crippen MR) is 101 cm³/mol. The first-order chi connectivity index (χ1) is 12.7. The number of nitrogens with zero attached hydrogens (tertiary/aromatic N) is 2. The number of hydrogen-bond donors (Lipinski definition) is 2. The molecular weight excluding hydrogens is 352 g/mol. The maximum Gasteiger partial charge on any atom is 0.231 e. The van der Waals surface area contributed by atoms with Crippen molar-refractivity contribution in [2.45, 2.75) is 0 Å².